The first-order chi connectivity index (χ1) is 6.28. The van der Waals surface area contributed by atoms with Crippen molar-refractivity contribution in [1.82, 2.24) is 9.97 Å². The number of pyridine rings is 1. The second kappa shape index (κ2) is 2.10. The number of fused-ring (bicyclic) bond motifs is 1. The summed E-state index contributed by atoms with van der Waals surface area (Å²) < 4.78 is 5.62. The van der Waals surface area contributed by atoms with Crippen LogP contribution in [0.4, 0.5) is 0 Å². The molecule has 3 nitrogen and oxygen atoms in total. The van der Waals surface area contributed by atoms with E-state index in [9.17, 15) is 0 Å². The number of aromatic nitrogens is 2. The summed E-state index contributed by atoms with van der Waals surface area (Å²) in [5, 5.41) is 0. The van der Waals surface area contributed by atoms with Crippen molar-refractivity contribution in [3.05, 3.63) is 24.2 Å². The SMILES string of the molecule is CC1(c2nc3ncccc3o2)CC1. The molecule has 0 amide bonds. The van der Waals surface area contributed by atoms with E-state index in [0.29, 0.717) is 0 Å². The van der Waals surface area contributed by atoms with Gasteiger partial charge < -0.3 is 4.42 Å². The van der Waals surface area contributed by atoms with Gasteiger partial charge in [-0.25, -0.2) is 4.98 Å². The summed E-state index contributed by atoms with van der Waals surface area (Å²) >= 11 is 0. The second-order valence-electron chi connectivity index (χ2n) is 3.90. The van der Waals surface area contributed by atoms with Crippen LogP contribution in [0.25, 0.3) is 11.2 Å². The predicted molar refractivity (Wildman–Crippen MR) is 48.4 cm³/mol. The van der Waals surface area contributed by atoms with Crippen molar-refractivity contribution in [1.29, 1.82) is 0 Å². The average molecular weight is 174 g/mol. The van der Waals surface area contributed by atoms with E-state index >= 15 is 0 Å². The maximum absolute atomic E-state index is 5.62. The van der Waals surface area contributed by atoms with Gasteiger partial charge in [0, 0.05) is 11.6 Å². The quantitative estimate of drug-likeness (QED) is 0.665. The van der Waals surface area contributed by atoms with Gasteiger partial charge >= 0.3 is 0 Å². The zero-order chi connectivity index (χ0) is 8.89. The van der Waals surface area contributed by atoms with E-state index in [2.05, 4.69) is 16.9 Å². The molecule has 0 spiro atoms. The van der Waals surface area contributed by atoms with Crippen molar-refractivity contribution in [2.75, 3.05) is 0 Å². The smallest absolute Gasteiger partial charge is 0.202 e. The lowest BCUT2D eigenvalue weighted by atomic mass is 10.1. The fraction of sp³-hybridized carbons (Fsp3) is 0.400. The lowest BCUT2D eigenvalue weighted by molar-refractivity contribution is 0.477. The highest BCUT2D eigenvalue weighted by molar-refractivity contribution is 5.67. The third-order valence-electron chi connectivity index (χ3n) is 2.68. The van der Waals surface area contributed by atoms with Crippen molar-refractivity contribution >= 4 is 11.2 Å². The third kappa shape index (κ3) is 0.963. The molecule has 3 rings (SSSR count). The number of hydrogen-bond donors (Lipinski definition) is 0. The summed E-state index contributed by atoms with van der Waals surface area (Å²) in [6.45, 7) is 2.18. The summed E-state index contributed by atoms with van der Waals surface area (Å²) in [6, 6.07) is 3.77. The van der Waals surface area contributed by atoms with Crippen LogP contribution < -0.4 is 0 Å². The summed E-state index contributed by atoms with van der Waals surface area (Å²) in [7, 11) is 0. The average Bonchev–Trinajstić information content (AvgIpc) is 2.76. The van der Waals surface area contributed by atoms with E-state index in [1.54, 1.807) is 6.20 Å². The molecule has 1 aliphatic rings. The van der Waals surface area contributed by atoms with Gasteiger partial charge in [-0.15, -0.1) is 0 Å². The summed E-state index contributed by atoms with van der Waals surface area (Å²) in [5.74, 6) is 0.848. The molecule has 0 N–H and O–H groups in total. The summed E-state index contributed by atoms with van der Waals surface area (Å²) in [5.41, 5.74) is 1.72. The highest BCUT2D eigenvalue weighted by Gasteiger charge is 2.43. The van der Waals surface area contributed by atoms with Crippen LogP contribution in [-0.2, 0) is 5.41 Å². The lowest BCUT2D eigenvalue weighted by Gasteiger charge is -1.98. The number of rotatable bonds is 1. The standard InChI is InChI=1S/C10H10N2O/c1-10(4-5-10)9-12-8-7(13-9)3-2-6-11-8/h2-3,6H,4-5H2,1H3. The van der Waals surface area contributed by atoms with Gasteiger partial charge in [0.05, 0.1) is 0 Å². The Morgan fingerprint density at radius 1 is 1.46 bits per heavy atom. The normalized spacial score (nSPS) is 19.2. The van der Waals surface area contributed by atoms with Gasteiger partial charge in [-0.2, -0.15) is 4.98 Å². The molecule has 2 aromatic rings. The molecule has 0 atom stereocenters. The first-order valence-electron chi connectivity index (χ1n) is 4.50. The van der Waals surface area contributed by atoms with Crippen LogP contribution in [0.3, 0.4) is 0 Å². The van der Waals surface area contributed by atoms with Gasteiger partial charge in [-0.3, -0.25) is 0 Å². The molecule has 1 aliphatic carbocycles. The fourth-order valence-corrected chi connectivity index (χ4v) is 1.43. The van der Waals surface area contributed by atoms with Crippen molar-refractivity contribution in [2.45, 2.75) is 25.2 Å². The number of hydrogen-bond acceptors (Lipinski definition) is 3. The molecular weight excluding hydrogens is 164 g/mol. The Kier molecular flexibility index (Phi) is 1.14. The Hall–Kier alpha value is -1.38. The van der Waals surface area contributed by atoms with Gasteiger partial charge in [-0.05, 0) is 25.0 Å². The van der Waals surface area contributed by atoms with Crippen LogP contribution in [0.1, 0.15) is 25.7 Å². The molecule has 0 aliphatic heterocycles. The molecule has 0 bridgehead atoms. The topological polar surface area (TPSA) is 38.9 Å². The predicted octanol–water partition coefficient (Wildman–Crippen LogP) is 2.27. The zero-order valence-electron chi connectivity index (χ0n) is 7.45. The van der Waals surface area contributed by atoms with Gasteiger partial charge in [0.15, 0.2) is 11.2 Å². The Labute approximate surface area is 75.8 Å². The first-order valence-corrected chi connectivity index (χ1v) is 4.50. The highest BCUT2D eigenvalue weighted by Crippen LogP contribution is 2.47. The molecule has 0 aromatic carbocycles. The van der Waals surface area contributed by atoms with Crippen LogP contribution >= 0.6 is 0 Å². The fourth-order valence-electron chi connectivity index (χ4n) is 1.43. The van der Waals surface area contributed by atoms with Gasteiger partial charge in [-0.1, -0.05) is 6.92 Å². The van der Waals surface area contributed by atoms with Crippen molar-refractivity contribution < 1.29 is 4.42 Å². The van der Waals surface area contributed by atoms with Crippen molar-refractivity contribution in [2.24, 2.45) is 0 Å². The Morgan fingerprint density at radius 3 is 3.00 bits per heavy atom. The van der Waals surface area contributed by atoms with Crippen LogP contribution in [0.5, 0.6) is 0 Å². The van der Waals surface area contributed by atoms with Crippen LogP contribution in [0.15, 0.2) is 22.7 Å². The minimum absolute atomic E-state index is 0.195. The van der Waals surface area contributed by atoms with Crippen molar-refractivity contribution in [3.8, 4) is 0 Å². The minimum Gasteiger partial charge on any atom is -0.438 e. The molecule has 2 aromatic heterocycles. The molecule has 66 valence electrons. The first kappa shape index (κ1) is 7.06. The van der Waals surface area contributed by atoms with Gasteiger partial charge in [0.1, 0.15) is 0 Å². The van der Waals surface area contributed by atoms with E-state index in [-0.39, 0.29) is 5.41 Å². The number of oxazole rings is 1. The molecule has 2 heterocycles. The van der Waals surface area contributed by atoms with Gasteiger partial charge in [0.25, 0.3) is 0 Å². The van der Waals surface area contributed by atoms with E-state index in [0.717, 1.165) is 17.1 Å². The third-order valence-corrected chi connectivity index (χ3v) is 2.68. The Balaban J connectivity index is 2.22. The molecular formula is C10H10N2O. The molecule has 1 saturated carbocycles. The largest absolute Gasteiger partial charge is 0.438 e. The molecule has 1 fully saturated rings. The molecule has 0 saturated heterocycles. The maximum atomic E-state index is 5.62. The second-order valence-corrected chi connectivity index (χ2v) is 3.90. The van der Waals surface area contributed by atoms with Crippen molar-refractivity contribution in [3.63, 3.8) is 0 Å². The molecule has 0 radical (unpaired) electrons. The van der Waals surface area contributed by atoms with Gasteiger partial charge in [0.2, 0.25) is 5.89 Å². The zero-order valence-corrected chi connectivity index (χ0v) is 7.45. The lowest BCUT2D eigenvalue weighted by Crippen LogP contribution is -1.98. The van der Waals surface area contributed by atoms with E-state index in [1.165, 1.54) is 12.8 Å². The van der Waals surface area contributed by atoms with Crippen LogP contribution in [0, 0.1) is 0 Å². The molecule has 3 heteroatoms. The monoisotopic (exact) mass is 174 g/mol. The number of nitrogens with zero attached hydrogens (tertiary/aromatic N) is 2. The molecule has 13 heavy (non-hydrogen) atoms. The van der Waals surface area contributed by atoms with E-state index < -0.39 is 0 Å². The highest BCUT2D eigenvalue weighted by atomic mass is 16.4. The molecule has 0 unspecified atom stereocenters. The van der Waals surface area contributed by atoms with Crippen LogP contribution in [0.2, 0.25) is 0 Å². The Morgan fingerprint density at radius 2 is 2.31 bits per heavy atom. The Bertz CT molecular complexity index is 424. The minimum atomic E-state index is 0.195. The summed E-state index contributed by atoms with van der Waals surface area (Å²) in [4.78, 5) is 8.51. The van der Waals surface area contributed by atoms with E-state index in [1.807, 2.05) is 12.1 Å². The summed E-state index contributed by atoms with van der Waals surface area (Å²) in [6.07, 6.45) is 4.10. The van der Waals surface area contributed by atoms with Crippen LogP contribution in [-0.4, -0.2) is 9.97 Å². The van der Waals surface area contributed by atoms with E-state index in [4.69, 9.17) is 4.42 Å². The maximum Gasteiger partial charge on any atom is 0.202 e.